The molecule has 0 amide bonds. The first-order valence-corrected chi connectivity index (χ1v) is 6.54. The molecule has 2 heteroatoms. The fraction of sp³-hybridized carbons (Fsp3) is 0.167. The van der Waals surface area contributed by atoms with E-state index < -0.39 is 0 Å². The van der Waals surface area contributed by atoms with E-state index in [1.807, 2.05) is 18.2 Å². The normalized spacial score (nSPS) is 9.93. The van der Waals surface area contributed by atoms with E-state index in [-0.39, 0.29) is 21.5 Å². The van der Waals surface area contributed by atoms with E-state index in [9.17, 15) is 0 Å². The fourth-order valence-corrected chi connectivity index (χ4v) is 2.77. The van der Waals surface area contributed by atoms with E-state index in [2.05, 4.69) is 53.6 Å². The van der Waals surface area contributed by atoms with Gasteiger partial charge in [0, 0.05) is 0 Å². The molecule has 0 radical (unpaired) electrons. The van der Waals surface area contributed by atoms with Crippen LogP contribution in [-0.4, -0.2) is 17.2 Å². The molecule has 1 rings (SSSR count). The molecular formula is C12H15IN-. The Morgan fingerprint density at radius 2 is 1.21 bits per heavy atom. The zero-order valence-electron chi connectivity index (χ0n) is 8.52. The Hall–Kier alpha value is -0.610. The number of rotatable bonds is 2. The predicted octanol–water partition coefficient (Wildman–Crippen LogP) is -0.454. The summed E-state index contributed by atoms with van der Waals surface area (Å²) in [7, 11) is 4.25. The van der Waals surface area contributed by atoms with Crippen LogP contribution in [0.4, 0.5) is 0 Å². The average Bonchev–Trinajstić information content (AvgIpc) is 2.15. The second kappa shape index (κ2) is 6.79. The number of hydrogen-bond donors (Lipinski definition) is 0. The van der Waals surface area contributed by atoms with Gasteiger partial charge in [0.25, 0.3) is 0 Å². The van der Waals surface area contributed by atoms with Crippen molar-refractivity contribution in [2.24, 2.45) is 0 Å². The van der Waals surface area contributed by atoms with Crippen LogP contribution in [0.2, 0.25) is 0 Å². The van der Waals surface area contributed by atoms with Crippen molar-refractivity contribution < 1.29 is 21.5 Å². The summed E-state index contributed by atoms with van der Waals surface area (Å²) in [5, 5.41) is 0. The van der Waals surface area contributed by atoms with Crippen LogP contribution in [0.15, 0.2) is 54.6 Å². The molecule has 0 saturated heterocycles. The van der Waals surface area contributed by atoms with Gasteiger partial charge < -0.3 is 0 Å². The Morgan fingerprint density at radius 1 is 0.786 bits per heavy atom. The van der Waals surface area contributed by atoms with Gasteiger partial charge >= 0.3 is 96.9 Å². The molecule has 0 aromatic heterocycles. The van der Waals surface area contributed by atoms with Gasteiger partial charge in [-0.15, -0.1) is 0 Å². The predicted molar refractivity (Wildman–Crippen MR) is 56.5 cm³/mol. The van der Waals surface area contributed by atoms with Gasteiger partial charge in [-0.25, -0.2) is 0 Å². The number of halogens is 1. The van der Waals surface area contributed by atoms with Gasteiger partial charge in [-0.2, -0.15) is 0 Å². The van der Waals surface area contributed by atoms with Crippen molar-refractivity contribution in [1.82, 2.24) is 3.11 Å². The molecule has 1 nitrogen and oxygen atoms in total. The Balaban J connectivity index is 2.95. The summed E-state index contributed by atoms with van der Waals surface area (Å²) in [6, 6.07) is 18.8. The zero-order chi connectivity index (χ0) is 10.2. The molecule has 0 aliphatic rings. The van der Waals surface area contributed by atoms with Crippen LogP contribution in [0, 0.1) is 3.57 Å². The average molecular weight is 300 g/mol. The molecule has 0 bridgehead atoms. The van der Waals surface area contributed by atoms with E-state index in [1.54, 1.807) is 0 Å². The van der Waals surface area contributed by atoms with Crippen LogP contribution in [0.3, 0.4) is 0 Å². The molecule has 0 aliphatic carbocycles. The molecule has 0 spiro atoms. The summed E-state index contributed by atoms with van der Waals surface area (Å²) in [5.41, 5.74) is 0. The first-order valence-electron chi connectivity index (χ1n) is 4.50. The van der Waals surface area contributed by atoms with Crippen LogP contribution in [0.5, 0.6) is 0 Å². The fourth-order valence-electron chi connectivity index (χ4n) is 0.923. The molecule has 1 aromatic rings. The molecule has 0 N–H and O–H groups in total. The van der Waals surface area contributed by atoms with E-state index >= 15 is 0 Å². The Labute approximate surface area is 96.7 Å². The molecule has 0 fully saturated rings. The minimum atomic E-state index is -0.00855. The van der Waals surface area contributed by atoms with Crippen LogP contribution in [0.25, 0.3) is 0 Å². The summed E-state index contributed by atoms with van der Waals surface area (Å²) >= 11 is -0.00855. The molecule has 0 aliphatic heterocycles. The minimum absolute atomic E-state index is 0.00855. The number of hydrogen-bond acceptors (Lipinski definition) is 1. The van der Waals surface area contributed by atoms with Crippen LogP contribution in [-0.2, 0) is 0 Å². The van der Waals surface area contributed by atoms with Crippen molar-refractivity contribution in [3.63, 3.8) is 0 Å². The van der Waals surface area contributed by atoms with Crippen molar-refractivity contribution in [2.75, 3.05) is 14.1 Å². The van der Waals surface area contributed by atoms with Gasteiger partial charge in [0.1, 0.15) is 0 Å². The Bertz CT molecular complexity index is 297. The van der Waals surface area contributed by atoms with Gasteiger partial charge in [-0.05, 0) is 0 Å². The van der Waals surface area contributed by atoms with E-state index in [1.165, 1.54) is 3.57 Å². The van der Waals surface area contributed by atoms with Gasteiger partial charge in [-0.1, -0.05) is 0 Å². The van der Waals surface area contributed by atoms with Gasteiger partial charge in [-0.3, -0.25) is 0 Å². The monoisotopic (exact) mass is 300 g/mol. The Kier molecular flexibility index (Phi) is 5.56. The maximum absolute atomic E-state index is 2.27. The summed E-state index contributed by atoms with van der Waals surface area (Å²) in [4.78, 5) is 0. The van der Waals surface area contributed by atoms with Crippen molar-refractivity contribution in [1.29, 1.82) is 0 Å². The zero-order valence-corrected chi connectivity index (χ0v) is 10.7. The first kappa shape index (κ1) is 11.5. The van der Waals surface area contributed by atoms with Gasteiger partial charge in [0.15, 0.2) is 0 Å². The molecule has 0 atom stereocenters. The van der Waals surface area contributed by atoms with Gasteiger partial charge in [0.2, 0.25) is 0 Å². The van der Waals surface area contributed by atoms with Crippen molar-refractivity contribution >= 4 is 0 Å². The van der Waals surface area contributed by atoms with E-state index in [0.717, 1.165) is 0 Å². The van der Waals surface area contributed by atoms with Crippen molar-refractivity contribution in [3.05, 3.63) is 58.2 Å². The summed E-state index contributed by atoms with van der Waals surface area (Å²) in [6.07, 6.45) is 0. The maximum atomic E-state index is 2.27. The third-order valence-electron chi connectivity index (χ3n) is 1.44. The topological polar surface area (TPSA) is 3.24 Å². The summed E-state index contributed by atoms with van der Waals surface area (Å²) in [5.74, 6) is 0. The molecule has 14 heavy (non-hydrogen) atoms. The van der Waals surface area contributed by atoms with Crippen LogP contribution >= 0.6 is 0 Å². The van der Waals surface area contributed by atoms with Gasteiger partial charge in [0.05, 0.1) is 0 Å². The molecule has 0 unspecified atom stereocenters. The molecular weight excluding hydrogens is 285 g/mol. The summed E-state index contributed by atoms with van der Waals surface area (Å²) in [6.45, 7) is 0. The quantitative estimate of drug-likeness (QED) is 0.528. The SMILES string of the molecule is CN(C)[I-]c1ccccccccc1. The second-order valence-electron chi connectivity index (χ2n) is 2.94. The molecule has 1 aromatic carbocycles. The summed E-state index contributed by atoms with van der Waals surface area (Å²) < 4.78 is 3.69. The van der Waals surface area contributed by atoms with E-state index in [0.29, 0.717) is 0 Å². The number of nitrogens with zero attached hydrogens (tertiary/aromatic N) is 1. The first-order chi connectivity index (χ1) is 6.79. The third kappa shape index (κ3) is 5.19. The Morgan fingerprint density at radius 3 is 1.64 bits per heavy atom. The molecule has 0 heterocycles. The third-order valence-corrected chi connectivity index (χ3v) is 3.69. The van der Waals surface area contributed by atoms with Crippen LogP contribution in [0.1, 0.15) is 0 Å². The van der Waals surface area contributed by atoms with Crippen molar-refractivity contribution in [3.8, 4) is 0 Å². The van der Waals surface area contributed by atoms with Crippen LogP contribution < -0.4 is 21.5 Å². The standard InChI is InChI=1S/C12H15IN/c1-14(2)13-12-10-8-6-4-3-5-7-9-11-12/h3-11H,1-2H3/q-1. The van der Waals surface area contributed by atoms with E-state index in [4.69, 9.17) is 0 Å². The molecule has 76 valence electrons. The second-order valence-corrected chi connectivity index (χ2v) is 6.59. The van der Waals surface area contributed by atoms with Crippen molar-refractivity contribution in [2.45, 2.75) is 0 Å². The molecule has 0 saturated carbocycles.